The number of benzene rings is 5. The Kier molecular flexibility index (Phi) is 7.53. The lowest BCUT2D eigenvalue weighted by Crippen LogP contribution is -2.16. The number of nitrogens with zero attached hydrogens (tertiary/aromatic N) is 3. The van der Waals surface area contributed by atoms with Gasteiger partial charge < -0.3 is 5.32 Å². The summed E-state index contributed by atoms with van der Waals surface area (Å²) in [5, 5.41) is 12.0. The Bertz CT molecular complexity index is 1960. The van der Waals surface area contributed by atoms with Crippen molar-refractivity contribution in [2.45, 2.75) is 11.3 Å². The van der Waals surface area contributed by atoms with Crippen molar-refractivity contribution < 1.29 is 8.78 Å². The molecule has 7 rings (SSSR count). The summed E-state index contributed by atoms with van der Waals surface area (Å²) in [7, 11) is 1.82. The standard InChI is InChI=1S/C37H27F2N5S/c1-41-36(25-15-9-4-10-16-25)45-32(40)26-17-19-28-29-20-18-27(22-31(29)37(38,39)30(28)21-26)35-43-33(23-11-5-2-6-12-23)42-34(44-35)24-13-7-3-8-14-24/h2-22,36,40-41H,1H3. The van der Waals surface area contributed by atoms with Gasteiger partial charge in [-0.05, 0) is 35.9 Å². The lowest BCUT2D eigenvalue weighted by Gasteiger charge is -2.18. The third-order valence-electron chi connectivity index (χ3n) is 7.83. The molecule has 0 saturated heterocycles. The summed E-state index contributed by atoms with van der Waals surface area (Å²) < 4.78 is 32.4. The van der Waals surface area contributed by atoms with Gasteiger partial charge in [0, 0.05) is 33.4 Å². The van der Waals surface area contributed by atoms with Crippen molar-refractivity contribution in [1.82, 2.24) is 20.3 Å². The fraction of sp³-hybridized carbons (Fsp3) is 0.0811. The summed E-state index contributed by atoms with van der Waals surface area (Å²) in [6.45, 7) is 0. The molecule has 1 heterocycles. The van der Waals surface area contributed by atoms with E-state index in [0.717, 1.165) is 16.7 Å². The first-order valence-electron chi connectivity index (χ1n) is 14.4. The van der Waals surface area contributed by atoms with Crippen molar-refractivity contribution in [1.29, 1.82) is 5.41 Å². The van der Waals surface area contributed by atoms with E-state index in [1.807, 2.05) is 98.0 Å². The van der Waals surface area contributed by atoms with Crippen molar-refractivity contribution in [3.05, 3.63) is 150 Å². The molecular weight excluding hydrogens is 585 g/mol. The van der Waals surface area contributed by atoms with Crippen LogP contribution in [-0.2, 0) is 5.92 Å². The molecule has 5 aromatic carbocycles. The molecule has 2 N–H and O–H groups in total. The number of hydrogen-bond acceptors (Lipinski definition) is 6. The van der Waals surface area contributed by atoms with E-state index in [-0.39, 0.29) is 21.5 Å². The average molecular weight is 612 g/mol. The molecular formula is C37H27F2N5S. The van der Waals surface area contributed by atoms with Gasteiger partial charge in [0.2, 0.25) is 0 Å². The minimum atomic E-state index is -3.26. The van der Waals surface area contributed by atoms with Gasteiger partial charge in [-0.25, -0.2) is 15.0 Å². The molecule has 1 aromatic heterocycles. The first-order chi connectivity index (χ1) is 21.9. The molecule has 0 bridgehead atoms. The van der Waals surface area contributed by atoms with Crippen LogP contribution in [0.4, 0.5) is 8.78 Å². The van der Waals surface area contributed by atoms with Crippen LogP contribution in [-0.4, -0.2) is 27.0 Å². The molecule has 220 valence electrons. The Morgan fingerprint density at radius 1 is 0.644 bits per heavy atom. The Hall–Kier alpha value is -5.05. The highest BCUT2D eigenvalue weighted by molar-refractivity contribution is 8.14. The topological polar surface area (TPSA) is 74.6 Å². The van der Waals surface area contributed by atoms with Gasteiger partial charge in [-0.1, -0.05) is 127 Å². The molecule has 0 amide bonds. The summed E-state index contributed by atoms with van der Waals surface area (Å²) >= 11 is 1.28. The highest BCUT2D eigenvalue weighted by Gasteiger charge is 2.45. The maximum absolute atomic E-state index is 16.2. The normalized spacial score (nSPS) is 13.6. The molecule has 0 fully saturated rings. The van der Waals surface area contributed by atoms with Crippen molar-refractivity contribution in [3.63, 3.8) is 0 Å². The van der Waals surface area contributed by atoms with Crippen LogP contribution in [0.1, 0.15) is 27.6 Å². The van der Waals surface area contributed by atoms with Crippen molar-refractivity contribution in [2.75, 3.05) is 7.05 Å². The van der Waals surface area contributed by atoms with Crippen LogP contribution in [0.25, 0.3) is 45.3 Å². The fourth-order valence-electron chi connectivity index (χ4n) is 5.55. The van der Waals surface area contributed by atoms with Gasteiger partial charge in [0.25, 0.3) is 5.92 Å². The molecule has 1 unspecified atom stereocenters. The highest BCUT2D eigenvalue weighted by atomic mass is 32.2. The molecule has 0 radical (unpaired) electrons. The Balaban J connectivity index is 1.25. The molecule has 45 heavy (non-hydrogen) atoms. The van der Waals surface area contributed by atoms with E-state index in [4.69, 9.17) is 20.4 Å². The Morgan fingerprint density at radius 2 is 1.13 bits per heavy atom. The second-order valence-corrected chi connectivity index (χ2v) is 11.8. The van der Waals surface area contributed by atoms with Gasteiger partial charge in [0.1, 0.15) is 0 Å². The minimum Gasteiger partial charge on any atom is -0.304 e. The van der Waals surface area contributed by atoms with E-state index < -0.39 is 5.92 Å². The first-order valence-corrected chi connectivity index (χ1v) is 15.3. The second kappa shape index (κ2) is 11.8. The summed E-state index contributed by atoms with van der Waals surface area (Å²) in [5.74, 6) is -2.02. The monoisotopic (exact) mass is 611 g/mol. The number of alkyl halides is 2. The van der Waals surface area contributed by atoms with Crippen LogP contribution in [0.5, 0.6) is 0 Å². The Labute approximate surface area is 264 Å². The number of rotatable bonds is 7. The zero-order valence-corrected chi connectivity index (χ0v) is 25.0. The van der Waals surface area contributed by atoms with Gasteiger partial charge in [0.05, 0.1) is 10.4 Å². The smallest absolute Gasteiger partial charge is 0.299 e. The third kappa shape index (κ3) is 5.43. The number of hydrogen-bond donors (Lipinski definition) is 2. The van der Waals surface area contributed by atoms with E-state index in [1.54, 1.807) is 24.3 Å². The van der Waals surface area contributed by atoms with Crippen molar-refractivity contribution >= 4 is 16.8 Å². The highest BCUT2D eigenvalue weighted by Crippen LogP contribution is 2.52. The largest absolute Gasteiger partial charge is 0.304 e. The predicted molar refractivity (Wildman–Crippen MR) is 177 cm³/mol. The Morgan fingerprint density at radius 3 is 1.69 bits per heavy atom. The molecule has 0 saturated carbocycles. The van der Waals surface area contributed by atoms with E-state index in [2.05, 4.69) is 5.32 Å². The summed E-state index contributed by atoms with van der Waals surface area (Å²) in [4.78, 5) is 14.1. The molecule has 1 atom stereocenters. The van der Waals surface area contributed by atoms with E-state index in [9.17, 15) is 0 Å². The van der Waals surface area contributed by atoms with Gasteiger partial charge in [-0.2, -0.15) is 8.78 Å². The molecule has 0 aliphatic heterocycles. The maximum Gasteiger partial charge on any atom is 0.299 e. The molecule has 1 aliphatic carbocycles. The number of aromatic nitrogens is 3. The van der Waals surface area contributed by atoms with Crippen molar-refractivity contribution in [2.24, 2.45) is 0 Å². The van der Waals surface area contributed by atoms with Crippen molar-refractivity contribution in [3.8, 4) is 45.3 Å². The predicted octanol–water partition coefficient (Wildman–Crippen LogP) is 8.97. The second-order valence-electron chi connectivity index (χ2n) is 10.7. The van der Waals surface area contributed by atoms with Crippen LogP contribution in [0.15, 0.2) is 127 Å². The SMILES string of the molecule is CNC(SC(=N)c1ccc2c(c1)C(F)(F)c1cc(-c3nc(-c4ccccc4)nc(-c4ccccc4)n3)ccc1-2)c1ccccc1. The first kappa shape index (κ1) is 28.7. The molecule has 6 aromatic rings. The lowest BCUT2D eigenvalue weighted by molar-refractivity contribution is 0.0480. The third-order valence-corrected chi connectivity index (χ3v) is 9.04. The van der Waals surface area contributed by atoms with Crippen LogP contribution in [0.3, 0.4) is 0 Å². The van der Waals surface area contributed by atoms with E-state index >= 15 is 8.78 Å². The number of halogens is 2. The summed E-state index contributed by atoms with van der Waals surface area (Å²) in [6.07, 6.45) is 0. The lowest BCUT2D eigenvalue weighted by atomic mass is 10.0. The van der Waals surface area contributed by atoms with E-state index in [1.165, 1.54) is 23.9 Å². The zero-order valence-electron chi connectivity index (χ0n) is 24.2. The van der Waals surface area contributed by atoms with Gasteiger partial charge in [0.15, 0.2) is 17.5 Å². The summed E-state index contributed by atoms with van der Waals surface area (Å²) in [6, 6.07) is 38.7. The molecule has 5 nitrogen and oxygen atoms in total. The van der Waals surface area contributed by atoms with Crippen LogP contribution in [0.2, 0.25) is 0 Å². The number of thioether (sulfide) groups is 1. The van der Waals surface area contributed by atoms with Gasteiger partial charge >= 0.3 is 0 Å². The quantitative estimate of drug-likeness (QED) is 0.107. The van der Waals surface area contributed by atoms with E-state index in [0.29, 0.717) is 39.7 Å². The molecule has 0 spiro atoms. The number of fused-ring (bicyclic) bond motifs is 3. The van der Waals surface area contributed by atoms with Crippen LogP contribution >= 0.6 is 11.8 Å². The summed E-state index contributed by atoms with van der Waals surface area (Å²) in [5.41, 5.74) is 4.24. The van der Waals surface area contributed by atoms with Crippen LogP contribution < -0.4 is 5.32 Å². The molecule has 8 heteroatoms. The van der Waals surface area contributed by atoms with Crippen LogP contribution in [0, 0.1) is 5.41 Å². The minimum absolute atomic E-state index is 0.105. The average Bonchev–Trinajstić information content (AvgIpc) is 3.33. The zero-order chi connectivity index (χ0) is 31.0. The molecule has 1 aliphatic rings. The van der Waals surface area contributed by atoms with Gasteiger partial charge in [-0.15, -0.1) is 0 Å². The van der Waals surface area contributed by atoms with Gasteiger partial charge in [-0.3, -0.25) is 5.41 Å². The fourth-order valence-corrected chi connectivity index (χ4v) is 6.46. The number of nitrogens with one attached hydrogen (secondary N) is 2. The maximum atomic E-state index is 16.2.